The van der Waals surface area contributed by atoms with Crippen LogP contribution >= 0.6 is 0 Å². The number of hydrogen-bond donors (Lipinski definition) is 0. The maximum absolute atomic E-state index is 13.0. The van der Waals surface area contributed by atoms with Crippen LogP contribution in [0.3, 0.4) is 0 Å². The van der Waals surface area contributed by atoms with E-state index < -0.39 is 10.0 Å². The summed E-state index contributed by atoms with van der Waals surface area (Å²) in [4.78, 5) is 17.2. The second kappa shape index (κ2) is 10.1. The SMILES string of the molecule is CCN(Cc1cccc2c1OCCO2)C(=O)CN1CCN(S(=O)(=O)c2ccc(C)cc2)CC1. The molecule has 2 aliphatic rings. The summed E-state index contributed by atoms with van der Waals surface area (Å²) in [6.45, 7) is 7.97. The summed E-state index contributed by atoms with van der Waals surface area (Å²) in [6, 6.07) is 12.7. The Hall–Kier alpha value is -2.62. The van der Waals surface area contributed by atoms with Gasteiger partial charge in [-0.25, -0.2) is 8.42 Å². The Morgan fingerprint density at radius 2 is 1.70 bits per heavy atom. The molecule has 0 aliphatic carbocycles. The number of likely N-dealkylation sites (N-methyl/N-ethyl adjacent to an activating group) is 1. The molecule has 2 heterocycles. The summed E-state index contributed by atoms with van der Waals surface area (Å²) in [5, 5.41) is 0. The van der Waals surface area contributed by atoms with Crippen LogP contribution in [-0.4, -0.2) is 80.9 Å². The van der Waals surface area contributed by atoms with Crippen molar-refractivity contribution in [1.82, 2.24) is 14.1 Å². The first-order chi connectivity index (χ1) is 15.9. The van der Waals surface area contributed by atoms with Crippen LogP contribution in [-0.2, 0) is 21.4 Å². The predicted octanol–water partition coefficient (Wildman–Crippen LogP) is 2.12. The molecular weight excluding hydrogens is 442 g/mol. The minimum Gasteiger partial charge on any atom is -0.486 e. The molecule has 0 unspecified atom stereocenters. The second-order valence-electron chi connectivity index (χ2n) is 8.34. The van der Waals surface area contributed by atoms with E-state index in [9.17, 15) is 13.2 Å². The first-order valence-electron chi connectivity index (χ1n) is 11.3. The van der Waals surface area contributed by atoms with Crippen LogP contribution in [0.15, 0.2) is 47.4 Å². The maximum atomic E-state index is 13.0. The predicted molar refractivity (Wildman–Crippen MR) is 125 cm³/mol. The number of aryl methyl sites for hydroxylation is 1. The molecule has 2 aromatic carbocycles. The number of carbonyl (C=O) groups excluding carboxylic acids is 1. The van der Waals surface area contributed by atoms with Crippen molar-refractivity contribution in [3.63, 3.8) is 0 Å². The number of carbonyl (C=O) groups is 1. The number of ether oxygens (including phenoxy) is 2. The van der Waals surface area contributed by atoms with Gasteiger partial charge in [-0.3, -0.25) is 9.69 Å². The molecule has 0 radical (unpaired) electrons. The third-order valence-electron chi connectivity index (χ3n) is 6.09. The zero-order chi connectivity index (χ0) is 23.4. The Kier molecular flexibility index (Phi) is 7.21. The molecule has 0 saturated carbocycles. The quantitative estimate of drug-likeness (QED) is 0.613. The lowest BCUT2D eigenvalue weighted by Crippen LogP contribution is -2.51. The number of para-hydroxylation sites is 1. The number of rotatable bonds is 7. The van der Waals surface area contributed by atoms with E-state index in [1.165, 1.54) is 4.31 Å². The van der Waals surface area contributed by atoms with Crippen molar-refractivity contribution in [2.45, 2.75) is 25.3 Å². The minimum atomic E-state index is -3.52. The van der Waals surface area contributed by atoms with E-state index >= 15 is 0 Å². The van der Waals surface area contributed by atoms with Gasteiger partial charge in [0.15, 0.2) is 11.5 Å². The molecule has 4 rings (SSSR count). The Labute approximate surface area is 195 Å². The molecular formula is C24H31N3O5S. The molecule has 178 valence electrons. The highest BCUT2D eigenvalue weighted by molar-refractivity contribution is 7.89. The van der Waals surface area contributed by atoms with Crippen LogP contribution in [0.25, 0.3) is 0 Å². The van der Waals surface area contributed by atoms with E-state index in [-0.39, 0.29) is 12.5 Å². The average Bonchev–Trinajstić information content (AvgIpc) is 2.83. The van der Waals surface area contributed by atoms with E-state index in [4.69, 9.17) is 9.47 Å². The molecule has 0 atom stereocenters. The number of hydrogen-bond acceptors (Lipinski definition) is 6. The first kappa shape index (κ1) is 23.5. The summed E-state index contributed by atoms with van der Waals surface area (Å²) >= 11 is 0. The van der Waals surface area contributed by atoms with Crippen LogP contribution in [0, 0.1) is 6.92 Å². The lowest BCUT2D eigenvalue weighted by molar-refractivity contribution is -0.133. The summed E-state index contributed by atoms with van der Waals surface area (Å²) in [6.07, 6.45) is 0. The number of amides is 1. The smallest absolute Gasteiger partial charge is 0.243 e. The summed E-state index contributed by atoms with van der Waals surface area (Å²) in [5.74, 6) is 1.44. The van der Waals surface area contributed by atoms with Crippen molar-refractivity contribution < 1.29 is 22.7 Å². The molecule has 8 nitrogen and oxygen atoms in total. The zero-order valence-corrected chi connectivity index (χ0v) is 20.0. The van der Waals surface area contributed by atoms with Gasteiger partial charge in [-0.05, 0) is 32.0 Å². The lowest BCUT2D eigenvalue weighted by atomic mass is 10.1. The topological polar surface area (TPSA) is 79.4 Å². The highest BCUT2D eigenvalue weighted by Gasteiger charge is 2.30. The van der Waals surface area contributed by atoms with Gasteiger partial charge in [-0.1, -0.05) is 29.8 Å². The monoisotopic (exact) mass is 473 g/mol. The van der Waals surface area contributed by atoms with Gasteiger partial charge in [-0.2, -0.15) is 4.31 Å². The van der Waals surface area contributed by atoms with E-state index in [1.54, 1.807) is 17.0 Å². The molecule has 0 aromatic heterocycles. The largest absolute Gasteiger partial charge is 0.486 e. The Balaban J connectivity index is 1.34. The van der Waals surface area contributed by atoms with Gasteiger partial charge < -0.3 is 14.4 Å². The molecule has 2 aromatic rings. The molecule has 2 aliphatic heterocycles. The molecule has 1 saturated heterocycles. The number of fused-ring (bicyclic) bond motifs is 1. The van der Waals surface area contributed by atoms with Gasteiger partial charge in [0.25, 0.3) is 0 Å². The van der Waals surface area contributed by atoms with Crippen molar-refractivity contribution in [3.05, 3.63) is 53.6 Å². The zero-order valence-electron chi connectivity index (χ0n) is 19.2. The van der Waals surface area contributed by atoms with Gasteiger partial charge in [0.2, 0.25) is 15.9 Å². The highest BCUT2D eigenvalue weighted by Crippen LogP contribution is 2.34. The second-order valence-corrected chi connectivity index (χ2v) is 10.3. The van der Waals surface area contributed by atoms with Crippen molar-refractivity contribution in [1.29, 1.82) is 0 Å². The van der Waals surface area contributed by atoms with Crippen LogP contribution in [0.2, 0.25) is 0 Å². The van der Waals surface area contributed by atoms with E-state index in [2.05, 4.69) is 0 Å². The van der Waals surface area contributed by atoms with Gasteiger partial charge in [0, 0.05) is 44.8 Å². The Morgan fingerprint density at radius 3 is 2.39 bits per heavy atom. The number of nitrogens with zero attached hydrogens (tertiary/aromatic N) is 3. The lowest BCUT2D eigenvalue weighted by Gasteiger charge is -2.34. The van der Waals surface area contributed by atoms with E-state index in [0.717, 1.165) is 11.1 Å². The minimum absolute atomic E-state index is 0.0154. The first-order valence-corrected chi connectivity index (χ1v) is 12.8. The molecule has 1 fully saturated rings. The molecule has 9 heteroatoms. The fraction of sp³-hybridized carbons (Fsp3) is 0.458. The third kappa shape index (κ3) is 5.31. The number of benzene rings is 2. The average molecular weight is 474 g/mol. The van der Waals surface area contributed by atoms with Crippen LogP contribution in [0.5, 0.6) is 11.5 Å². The summed E-state index contributed by atoms with van der Waals surface area (Å²) in [7, 11) is -3.52. The van der Waals surface area contributed by atoms with E-state index in [1.807, 2.05) is 49.1 Å². The normalized spacial score (nSPS) is 17.0. The fourth-order valence-corrected chi connectivity index (χ4v) is 5.54. The highest BCUT2D eigenvalue weighted by atomic mass is 32.2. The maximum Gasteiger partial charge on any atom is 0.243 e. The molecule has 1 amide bonds. The Bertz CT molecular complexity index is 1080. The van der Waals surface area contributed by atoms with Crippen molar-refractivity contribution in [2.24, 2.45) is 0 Å². The van der Waals surface area contributed by atoms with Crippen molar-refractivity contribution in [3.8, 4) is 11.5 Å². The van der Waals surface area contributed by atoms with Gasteiger partial charge >= 0.3 is 0 Å². The number of sulfonamides is 1. The fourth-order valence-electron chi connectivity index (χ4n) is 4.12. The Morgan fingerprint density at radius 1 is 1.00 bits per heavy atom. The van der Waals surface area contributed by atoms with Crippen molar-refractivity contribution >= 4 is 15.9 Å². The van der Waals surface area contributed by atoms with Gasteiger partial charge in [-0.15, -0.1) is 0 Å². The van der Waals surface area contributed by atoms with Crippen LogP contribution in [0.4, 0.5) is 0 Å². The van der Waals surface area contributed by atoms with Crippen LogP contribution in [0.1, 0.15) is 18.1 Å². The number of piperazine rings is 1. The van der Waals surface area contributed by atoms with Gasteiger partial charge in [0.1, 0.15) is 13.2 Å². The van der Waals surface area contributed by atoms with Gasteiger partial charge in [0.05, 0.1) is 11.4 Å². The van der Waals surface area contributed by atoms with Crippen molar-refractivity contribution in [2.75, 3.05) is 52.5 Å². The summed E-state index contributed by atoms with van der Waals surface area (Å²) < 4.78 is 38.8. The summed E-state index contributed by atoms with van der Waals surface area (Å²) in [5.41, 5.74) is 1.95. The van der Waals surface area contributed by atoms with E-state index in [0.29, 0.717) is 68.9 Å². The molecule has 0 N–H and O–H groups in total. The molecule has 0 bridgehead atoms. The molecule has 0 spiro atoms. The van der Waals surface area contributed by atoms with Crippen LogP contribution < -0.4 is 9.47 Å². The standard InChI is InChI=1S/C24H31N3O5S/c1-3-26(17-20-5-4-6-22-24(20)32-16-15-31-22)23(28)18-25-11-13-27(14-12-25)33(29,30)21-9-7-19(2)8-10-21/h4-10H,3,11-18H2,1-2H3. The molecule has 33 heavy (non-hydrogen) atoms. The third-order valence-corrected chi connectivity index (χ3v) is 8.01.